The first kappa shape index (κ1) is 16.7. The van der Waals surface area contributed by atoms with E-state index >= 15 is 0 Å². The van der Waals surface area contributed by atoms with Crippen molar-refractivity contribution < 1.29 is 4.79 Å². The first-order valence-corrected chi connectivity index (χ1v) is 8.91. The van der Waals surface area contributed by atoms with Crippen LogP contribution in [0.1, 0.15) is 30.6 Å². The maximum absolute atomic E-state index is 12.3. The molecule has 0 spiro atoms. The van der Waals surface area contributed by atoms with E-state index in [1.165, 1.54) is 16.4 Å². The maximum atomic E-state index is 12.3. The molecule has 1 aliphatic carbocycles. The van der Waals surface area contributed by atoms with E-state index in [1.807, 2.05) is 11.6 Å². The minimum absolute atomic E-state index is 0.207. The topological polar surface area (TPSA) is 94.7 Å². The number of aromatic nitrogens is 5. The summed E-state index contributed by atoms with van der Waals surface area (Å²) in [4.78, 5) is 24.4. The van der Waals surface area contributed by atoms with Crippen LogP contribution >= 0.6 is 11.8 Å². The summed E-state index contributed by atoms with van der Waals surface area (Å²) >= 11 is 1.51. The lowest BCUT2D eigenvalue weighted by atomic mass is 10.2. The normalized spacial score (nSPS) is 14.4. The lowest BCUT2D eigenvalue weighted by Gasteiger charge is -2.15. The molecule has 128 valence electrons. The van der Waals surface area contributed by atoms with Crippen molar-refractivity contribution in [2.45, 2.75) is 37.4 Å². The van der Waals surface area contributed by atoms with Crippen LogP contribution in [0, 0.1) is 0 Å². The molecule has 0 unspecified atom stereocenters. The molecule has 9 heteroatoms. The fourth-order valence-electron chi connectivity index (χ4n) is 2.67. The zero-order valence-corrected chi connectivity index (χ0v) is 14.5. The molecule has 1 amide bonds. The van der Waals surface area contributed by atoms with Crippen molar-refractivity contribution >= 4 is 17.7 Å². The number of thioether (sulfide) groups is 1. The van der Waals surface area contributed by atoms with Gasteiger partial charge in [-0.2, -0.15) is 5.10 Å². The smallest absolute Gasteiger partial charge is 0.267 e. The molecule has 0 radical (unpaired) electrons. The Morgan fingerprint density at radius 2 is 2.29 bits per heavy atom. The number of nitrogens with zero attached hydrogens (tertiary/aromatic N) is 5. The fourth-order valence-corrected chi connectivity index (χ4v) is 3.41. The first-order valence-electron chi connectivity index (χ1n) is 7.92. The van der Waals surface area contributed by atoms with Crippen molar-refractivity contribution in [3.05, 3.63) is 34.0 Å². The van der Waals surface area contributed by atoms with E-state index in [1.54, 1.807) is 19.3 Å². The van der Waals surface area contributed by atoms with E-state index in [0.29, 0.717) is 12.3 Å². The molecule has 2 aromatic heterocycles. The van der Waals surface area contributed by atoms with Crippen LogP contribution in [0.3, 0.4) is 0 Å². The minimum Gasteiger partial charge on any atom is -0.353 e. The number of nitrogens with one attached hydrogen (secondary N) is 1. The van der Waals surface area contributed by atoms with Gasteiger partial charge >= 0.3 is 0 Å². The quantitative estimate of drug-likeness (QED) is 0.597. The van der Waals surface area contributed by atoms with Crippen molar-refractivity contribution in [1.29, 1.82) is 0 Å². The van der Waals surface area contributed by atoms with Crippen molar-refractivity contribution in [1.82, 2.24) is 29.9 Å². The highest BCUT2D eigenvalue weighted by atomic mass is 32.2. The first-order chi connectivity index (χ1) is 11.6. The van der Waals surface area contributed by atoms with Crippen molar-refractivity contribution in [2.75, 3.05) is 12.3 Å². The van der Waals surface area contributed by atoms with Gasteiger partial charge in [-0.1, -0.05) is 11.8 Å². The van der Waals surface area contributed by atoms with Gasteiger partial charge in [0.15, 0.2) is 5.16 Å². The van der Waals surface area contributed by atoms with E-state index in [4.69, 9.17) is 0 Å². The molecule has 2 heterocycles. The Labute approximate surface area is 143 Å². The van der Waals surface area contributed by atoms with Crippen LogP contribution in [0.4, 0.5) is 0 Å². The van der Waals surface area contributed by atoms with Gasteiger partial charge in [-0.3, -0.25) is 9.59 Å². The molecule has 0 aliphatic heterocycles. The number of rotatable bonds is 6. The largest absolute Gasteiger partial charge is 0.353 e. The number of aryl methyl sites for hydroxylation is 3. The third-order valence-electron chi connectivity index (χ3n) is 4.03. The maximum Gasteiger partial charge on any atom is 0.267 e. The zero-order chi connectivity index (χ0) is 17.1. The average molecular weight is 348 g/mol. The molecule has 0 aromatic carbocycles. The number of hydrogen-bond acceptors (Lipinski definition) is 6. The molecule has 0 bridgehead atoms. The summed E-state index contributed by atoms with van der Waals surface area (Å²) in [6.07, 6.45) is 4.43. The predicted octanol–water partition coefficient (Wildman–Crippen LogP) is 0.330. The number of amides is 1. The van der Waals surface area contributed by atoms with Crippen LogP contribution < -0.4 is 10.9 Å². The molecule has 1 N–H and O–H groups in total. The van der Waals surface area contributed by atoms with Gasteiger partial charge in [0.1, 0.15) is 12.4 Å². The van der Waals surface area contributed by atoms with Crippen molar-refractivity contribution in [3.8, 4) is 0 Å². The molecule has 3 rings (SSSR count). The Hall–Kier alpha value is -2.16. The van der Waals surface area contributed by atoms with Gasteiger partial charge in [0.2, 0.25) is 5.91 Å². The van der Waals surface area contributed by atoms with E-state index in [0.717, 1.165) is 35.7 Å². The molecule has 24 heavy (non-hydrogen) atoms. The standard InChI is InChI=1S/C15H20N6O2S/c1-10(21-13(22)8-11-4-3-5-12(11)19-21)14(23)16-6-7-24-15-18-17-9-20(15)2/h8-10H,3-7H2,1-2H3,(H,16,23)/t10-/m0/s1. The zero-order valence-electron chi connectivity index (χ0n) is 13.7. The highest BCUT2D eigenvalue weighted by Gasteiger charge is 2.21. The second-order valence-electron chi connectivity index (χ2n) is 5.79. The summed E-state index contributed by atoms with van der Waals surface area (Å²) in [6.45, 7) is 2.18. The number of carbonyl (C=O) groups is 1. The van der Waals surface area contributed by atoms with Crippen LogP contribution in [0.25, 0.3) is 0 Å². The van der Waals surface area contributed by atoms with E-state index in [-0.39, 0.29) is 11.5 Å². The van der Waals surface area contributed by atoms with Gasteiger partial charge in [0.25, 0.3) is 5.56 Å². The monoisotopic (exact) mass is 348 g/mol. The molecular weight excluding hydrogens is 328 g/mol. The number of fused-ring (bicyclic) bond motifs is 1. The second-order valence-corrected chi connectivity index (χ2v) is 6.85. The van der Waals surface area contributed by atoms with E-state index < -0.39 is 6.04 Å². The summed E-state index contributed by atoms with van der Waals surface area (Å²) in [6, 6.07) is 0.992. The van der Waals surface area contributed by atoms with Crippen molar-refractivity contribution in [2.24, 2.45) is 7.05 Å². The van der Waals surface area contributed by atoms with Crippen LogP contribution in [0.15, 0.2) is 22.3 Å². The third-order valence-corrected chi connectivity index (χ3v) is 5.07. The number of hydrogen-bond donors (Lipinski definition) is 1. The Bertz CT molecular complexity index is 800. The molecular formula is C15H20N6O2S. The fraction of sp³-hybridized carbons (Fsp3) is 0.533. The lowest BCUT2D eigenvalue weighted by Crippen LogP contribution is -2.38. The van der Waals surface area contributed by atoms with Gasteiger partial charge in [-0.15, -0.1) is 10.2 Å². The van der Waals surface area contributed by atoms with Crippen molar-refractivity contribution in [3.63, 3.8) is 0 Å². The third kappa shape index (κ3) is 3.50. The summed E-state index contributed by atoms with van der Waals surface area (Å²) in [5, 5.41) is 15.8. The molecule has 1 aliphatic rings. The predicted molar refractivity (Wildman–Crippen MR) is 90.0 cm³/mol. The van der Waals surface area contributed by atoms with Gasteiger partial charge in [0, 0.05) is 25.4 Å². The van der Waals surface area contributed by atoms with Gasteiger partial charge in [-0.05, 0) is 31.7 Å². The van der Waals surface area contributed by atoms with Crippen LogP contribution in [0.2, 0.25) is 0 Å². The average Bonchev–Trinajstić information content (AvgIpc) is 3.18. The van der Waals surface area contributed by atoms with Gasteiger partial charge < -0.3 is 9.88 Å². The molecule has 0 saturated carbocycles. The molecule has 0 fully saturated rings. The Balaban J connectivity index is 1.55. The summed E-state index contributed by atoms with van der Waals surface area (Å²) in [5.74, 6) is 0.471. The van der Waals surface area contributed by atoms with E-state index in [2.05, 4.69) is 20.6 Å². The SMILES string of the molecule is C[C@@H](C(=O)NCCSc1nncn1C)n1nc2c(cc1=O)CCC2. The van der Waals surface area contributed by atoms with Gasteiger partial charge in [0.05, 0.1) is 5.69 Å². The van der Waals surface area contributed by atoms with Crippen LogP contribution in [0.5, 0.6) is 0 Å². The highest BCUT2D eigenvalue weighted by Crippen LogP contribution is 2.18. The Morgan fingerprint density at radius 1 is 1.46 bits per heavy atom. The summed E-state index contributed by atoms with van der Waals surface area (Å²) < 4.78 is 3.11. The molecule has 1 atom stereocenters. The minimum atomic E-state index is -0.622. The Kier molecular flexibility index (Phi) is 4.98. The highest BCUT2D eigenvalue weighted by molar-refractivity contribution is 7.99. The lowest BCUT2D eigenvalue weighted by molar-refractivity contribution is -0.124. The van der Waals surface area contributed by atoms with Crippen LogP contribution in [-0.2, 0) is 24.7 Å². The van der Waals surface area contributed by atoms with Crippen LogP contribution in [-0.4, -0.2) is 42.7 Å². The molecule has 0 saturated heterocycles. The Morgan fingerprint density at radius 3 is 3.04 bits per heavy atom. The second kappa shape index (κ2) is 7.16. The number of carbonyl (C=O) groups excluding carboxylic acids is 1. The molecule has 2 aromatic rings. The van der Waals surface area contributed by atoms with Gasteiger partial charge in [-0.25, -0.2) is 4.68 Å². The summed E-state index contributed by atoms with van der Waals surface area (Å²) in [7, 11) is 1.87. The summed E-state index contributed by atoms with van der Waals surface area (Å²) in [5.41, 5.74) is 1.74. The van der Waals surface area contributed by atoms with E-state index in [9.17, 15) is 9.59 Å². The molecule has 8 nitrogen and oxygen atoms in total.